The molecule has 5 heteroatoms. The van der Waals surface area contributed by atoms with Crippen LogP contribution in [0.5, 0.6) is 0 Å². The predicted molar refractivity (Wildman–Crippen MR) is 109 cm³/mol. The smallest absolute Gasteiger partial charge is 0.461 e. The highest BCUT2D eigenvalue weighted by Crippen LogP contribution is 2.14. The first-order valence-electron chi connectivity index (χ1n) is 10.2. The zero-order valence-electron chi connectivity index (χ0n) is 17.8. The average molecular weight is 383 g/mol. The summed E-state index contributed by atoms with van der Waals surface area (Å²) in [6, 6.07) is 0. The van der Waals surface area contributed by atoms with Crippen LogP contribution in [0, 0.1) is 0 Å². The highest BCUT2D eigenvalue weighted by Gasteiger charge is 2.17. The molecular weight excluding hydrogens is 344 g/mol. The Kier molecular flexibility index (Phi) is 15.3. The lowest BCUT2D eigenvalue weighted by Gasteiger charge is -2.17. The minimum absolute atomic E-state index is 0.237. The zero-order chi connectivity index (χ0) is 20.5. The Bertz CT molecular complexity index is 475. The lowest BCUT2D eigenvalue weighted by atomic mass is 10.1. The third-order valence-electron chi connectivity index (χ3n) is 4.09. The van der Waals surface area contributed by atoms with Gasteiger partial charge in [-0.15, -0.1) is 0 Å². The van der Waals surface area contributed by atoms with Gasteiger partial charge >= 0.3 is 12.1 Å². The summed E-state index contributed by atoms with van der Waals surface area (Å²) in [5.74, 6) is -0.267. The van der Waals surface area contributed by atoms with Crippen LogP contribution in [0.1, 0.15) is 86.0 Å². The first kappa shape index (κ1) is 25.2. The van der Waals surface area contributed by atoms with E-state index in [2.05, 4.69) is 26.8 Å². The van der Waals surface area contributed by atoms with Gasteiger partial charge in [0.1, 0.15) is 12.7 Å². The maximum atomic E-state index is 11.9. The van der Waals surface area contributed by atoms with E-state index in [1.54, 1.807) is 6.92 Å². The second-order valence-electron chi connectivity index (χ2n) is 7.01. The van der Waals surface area contributed by atoms with E-state index in [-0.39, 0.29) is 25.1 Å². The summed E-state index contributed by atoms with van der Waals surface area (Å²) < 4.78 is 15.4. The summed E-state index contributed by atoms with van der Waals surface area (Å²) >= 11 is 0. The monoisotopic (exact) mass is 382 g/mol. The molecule has 156 valence electrons. The molecule has 0 aliphatic heterocycles. The molecule has 0 saturated heterocycles. The second kappa shape index (κ2) is 16.4. The van der Waals surface area contributed by atoms with E-state index in [1.807, 2.05) is 13.0 Å². The molecule has 0 fully saturated rings. The molecule has 0 aromatic carbocycles. The molecule has 0 amide bonds. The number of carbonyl (C=O) groups is 2. The van der Waals surface area contributed by atoms with Gasteiger partial charge in [-0.2, -0.15) is 0 Å². The van der Waals surface area contributed by atoms with Crippen molar-refractivity contribution < 1.29 is 23.8 Å². The Morgan fingerprint density at radius 1 is 0.926 bits per heavy atom. The average Bonchev–Trinajstić information content (AvgIpc) is 2.59. The molecule has 0 radical (unpaired) electrons. The van der Waals surface area contributed by atoms with Gasteiger partial charge in [0.15, 0.2) is 0 Å². The van der Waals surface area contributed by atoms with Gasteiger partial charge in [0, 0.05) is 6.42 Å². The number of allylic oxidation sites excluding steroid dienone is 3. The molecule has 5 nitrogen and oxygen atoms in total. The fourth-order valence-corrected chi connectivity index (χ4v) is 2.49. The predicted octanol–water partition coefficient (Wildman–Crippen LogP) is 6.12. The van der Waals surface area contributed by atoms with Crippen molar-refractivity contribution in [2.24, 2.45) is 0 Å². The van der Waals surface area contributed by atoms with Crippen LogP contribution in [-0.4, -0.2) is 31.4 Å². The molecule has 1 unspecified atom stereocenters. The van der Waals surface area contributed by atoms with Gasteiger partial charge in [-0.3, -0.25) is 4.79 Å². The topological polar surface area (TPSA) is 61.8 Å². The molecule has 0 rings (SSSR count). The van der Waals surface area contributed by atoms with E-state index in [1.165, 1.54) is 11.1 Å². The first-order valence-corrected chi connectivity index (χ1v) is 10.2. The maximum absolute atomic E-state index is 11.9. The van der Waals surface area contributed by atoms with Crippen LogP contribution in [0.2, 0.25) is 0 Å². The first-order chi connectivity index (χ1) is 12.9. The molecule has 1 atom stereocenters. The fraction of sp³-hybridized carbons (Fsp3) is 0.727. The number of hydrogen-bond donors (Lipinski definition) is 0. The Labute approximate surface area is 165 Å². The molecular formula is C22H38O5. The molecule has 27 heavy (non-hydrogen) atoms. The van der Waals surface area contributed by atoms with Crippen LogP contribution in [0.4, 0.5) is 4.79 Å². The van der Waals surface area contributed by atoms with Gasteiger partial charge in [-0.25, -0.2) is 4.79 Å². The number of rotatable bonds is 14. The van der Waals surface area contributed by atoms with E-state index in [9.17, 15) is 9.59 Å². The summed E-state index contributed by atoms with van der Waals surface area (Å²) in [6.07, 6.45) is 9.72. The summed E-state index contributed by atoms with van der Waals surface area (Å²) in [6.45, 7) is 10.6. The van der Waals surface area contributed by atoms with E-state index >= 15 is 0 Å². The van der Waals surface area contributed by atoms with Crippen molar-refractivity contribution in [1.82, 2.24) is 0 Å². The molecule has 0 heterocycles. The molecule has 0 aliphatic rings. The molecule has 0 saturated carbocycles. The van der Waals surface area contributed by atoms with Gasteiger partial charge < -0.3 is 14.2 Å². The molecule has 0 aliphatic carbocycles. The third-order valence-corrected chi connectivity index (χ3v) is 4.09. The Hall–Kier alpha value is -1.78. The highest BCUT2D eigenvalue weighted by atomic mass is 16.7. The van der Waals surface area contributed by atoms with E-state index < -0.39 is 6.16 Å². The van der Waals surface area contributed by atoms with Crippen LogP contribution in [0.15, 0.2) is 23.3 Å². The van der Waals surface area contributed by atoms with Crippen LogP contribution < -0.4 is 0 Å². The van der Waals surface area contributed by atoms with Gasteiger partial charge in [0.05, 0.1) is 6.61 Å². The van der Waals surface area contributed by atoms with Crippen molar-refractivity contribution in [3.8, 4) is 0 Å². The quantitative estimate of drug-likeness (QED) is 0.206. The van der Waals surface area contributed by atoms with Gasteiger partial charge in [0.2, 0.25) is 0 Å². The summed E-state index contributed by atoms with van der Waals surface area (Å²) in [7, 11) is 0. The lowest BCUT2D eigenvalue weighted by molar-refractivity contribution is -0.143. The minimum atomic E-state index is -0.665. The zero-order valence-corrected chi connectivity index (χ0v) is 17.8. The van der Waals surface area contributed by atoms with Gasteiger partial charge in [0.25, 0.3) is 0 Å². The van der Waals surface area contributed by atoms with Crippen LogP contribution in [0.25, 0.3) is 0 Å². The number of unbranched alkanes of at least 4 members (excludes halogenated alkanes) is 2. The number of ether oxygens (including phenoxy) is 3. The van der Waals surface area contributed by atoms with Gasteiger partial charge in [-0.1, -0.05) is 37.0 Å². The standard InChI is InChI=1S/C22H38O5/c1-6-8-9-13-20(27-22(24)25-7-2)14-15-21(23)26-17-16-19(5)12-10-11-18(3)4/h11,16,20H,6-10,12-15,17H2,1-5H3. The van der Waals surface area contributed by atoms with Crippen molar-refractivity contribution in [2.75, 3.05) is 13.2 Å². The normalized spacial score (nSPS) is 12.3. The van der Waals surface area contributed by atoms with Crippen LogP contribution in [-0.2, 0) is 19.0 Å². The summed E-state index contributed by atoms with van der Waals surface area (Å²) in [4.78, 5) is 23.5. The SMILES string of the molecule is CCCCCC(CCC(=O)OCC=C(C)CCC=C(C)C)OC(=O)OCC. The lowest BCUT2D eigenvalue weighted by Crippen LogP contribution is -2.21. The minimum Gasteiger partial charge on any atom is -0.461 e. The summed E-state index contributed by atoms with van der Waals surface area (Å²) in [5, 5.41) is 0. The molecule has 0 aromatic heterocycles. The van der Waals surface area contributed by atoms with Crippen LogP contribution >= 0.6 is 0 Å². The number of esters is 1. The van der Waals surface area contributed by atoms with Crippen molar-refractivity contribution in [3.05, 3.63) is 23.3 Å². The van der Waals surface area contributed by atoms with Crippen molar-refractivity contribution in [1.29, 1.82) is 0 Å². The number of hydrogen-bond acceptors (Lipinski definition) is 5. The molecule has 0 spiro atoms. The fourth-order valence-electron chi connectivity index (χ4n) is 2.49. The van der Waals surface area contributed by atoms with E-state index in [0.29, 0.717) is 13.0 Å². The Morgan fingerprint density at radius 3 is 2.30 bits per heavy atom. The molecule has 0 bridgehead atoms. The van der Waals surface area contributed by atoms with Gasteiger partial charge in [-0.05, 0) is 65.9 Å². The van der Waals surface area contributed by atoms with Crippen molar-refractivity contribution in [2.45, 2.75) is 92.1 Å². The molecule has 0 aromatic rings. The van der Waals surface area contributed by atoms with Crippen molar-refractivity contribution in [3.63, 3.8) is 0 Å². The Morgan fingerprint density at radius 2 is 1.67 bits per heavy atom. The largest absolute Gasteiger partial charge is 0.508 e. The van der Waals surface area contributed by atoms with Crippen LogP contribution in [0.3, 0.4) is 0 Å². The summed E-state index contributed by atoms with van der Waals surface area (Å²) in [5.41, 5.74) is 2.52. The number of carbonyl (C=O) groups excluding carboxylic acids is 2. The maximum Gasteiger partial charge on any atom is 0.508 e. The molecule has 0 N–H and O–H groups in total. The van der Waals surface area contributed by atoms with E-state index in [4.69, 9.17) is 14.2 Å². The van der Waals surface area contributed by atoms with E-state index in [0.717, 1.165) is 38.5 Å². The highest BCUT2D eigenvalue weighted by molar-refractivity contribution is 5.69. The van der Waals surface area contributed by atoms with Crippen molar-refractivity contribution >= 4 is 12.1 Å². The third kappa shape index (κ3) is 16.1. The second-order valence-corrected chi connectivity index (χ2v) is 7.01. The Balaban J connectivity index is 4.22.